The minimum Gasteiger partial charge on any atom is -0.481 e. The average molecular weight is 617 g/mol. The van der Waals surface area contributed by atoms with Gasteiger partial charge < -0.3 is 5.11 Å². The third kappa shape index (κ3) is 9.25. The summed E-state index contributed by atoms with van der Waals surface area (Å²) >= 11 is 0. The number of carboxylic acid groups (broad SMARTS) is 1. The number of carbonyl (C=O) groups is 1. The first kappa shape index (κ1) is 35.3. The summed E-state index contributed by atoms with van der Waals surface area (Å²) in [7, 11) is 0. The van der Waals surface area contributed by atoms with E-state index in [-0.39, 0.29) is 18.3 Å². The van der Waals surface area contributed by atoms with Crippen LogP contribution < -0.4 is 0 Å². The normalized spacial score (nSPS) is 20.4. The highest BCUT2D eigenvalue weighted by Crippen LogP contribution is 2.49. The van der Waals surface area contributed by atoms with Crippen molar-refractivity contribution in [2.24, 2.45) is 11.8 Å². The van der Waals surface area contributed by atoms with Crippen molar-refractivity contribution in [2.45, 2.75) is 124 Å². The maximum absolute atomic E-state index is 11.4. The van der Waals surface area contributed by atoms with Crippen molar-refractivity contribution in [3.05, 3.63) is 128 Å². The molecule has 3 aliphatic rings. The van der Waals surface area contributed by atoms with Gasteiger partial charge in [-0.2, -0.15) is 0 Å². The first-order valence-corrected chi connectivity index (χ1v) is 17.8. The Balaban J connectivity index is 1.64. The lowest BCUT2D eigenvalue weighted by Gasteiger charge is -2.29. The molecule has 0 amide bonds. The maximum atomic E-state index is 11.4. The van der Waals surface area contributed by atoms with Crippen LogP contribution in [0.1, 0.15) is 126 Å². The van der Waals surface area contributed by atoms with E-state index in [1.165, 1.54) is 63.0 Å². The number of allylic oxidation sites excluding steroid dienone is 11. The molecule has 4 rings (SSSR count). The first-order valence-electron chi connectivity index (χ1n) is 17.8. The van der Waals surface area contributed by atoms with Crippen LogP contribution >= 0.6 is 0 Å². The fraction of sp³-hybridized carbons (Fsp3) is 0.477. The first-order chi connectivity index (χ1) is 22.2. The van der Waals surface area contributed by atoms with E-state index in [1.807, 2.05) is 6.08 Å². The molecule has 0 saturated heterocycles. The number of carboxylic acids is 1. The molecular weight excluding hydrogens is 560 g/mol. The van der Waals surface area contributed by atoms with Gasteiger partial charge in [0.15, 0.2) is 0 Å². The molecule has 46 heavy (non-hydrogen) atoms. The van der Waals surface area contributed by atoms with Crippen molar-refractivity contribution in [2.75, 3.05) is 0 Å². The molecule has 1 aromatic rings. The van der Waals surface area contributed by atoms with Gasteiger partial charge >= 0.3 is 5.97 Å². The van der Waals surface area contributed by atoms with Crippen LogP contribution in [-0.4, -0.2) is 11.1 Å². The van der Waals surface area contributed by atoms with Crippen LogP contribution in [0.4, 0.5) is 0 Å². The molecule has 1 fully saturated rings. The predicted molar refractivity (Wildman–Crippen MR) is 195 cm³/mol. The Morgan fingerprint density at radius 2 is 1.83 bits per heavy atom. The minimum atomic E-state index is -0.691. The molecule has 0 radical (unpaired) electrons. The van der Waals surface area contributed by atoms with Crippen molar-refractivity contribution in [1.29, 1.82) is 0 Å². The van der Waals surface area contributed by atoms with Gasteiger partial charge in [-0.15, -0.1) is 11.5 Å². The Hall–Kier alpha value is -3.57. The largest absolute Gasteiger partial charge is 0.481 e. The Morgan fingerprint density at radius 3 is 2.50 bits per heavy atom. The summed E-state index contributed by atoms with van der Waals surface area (Å²) in [5.41, 5.74) is 22.4. The highest BCUT2D eigenvalue weighted by atomic mass is 16.4. The second-order valence-electron chi connectivity index (χ2n) is 13.8. The number of benzene rings is 1. The smallest absolute Gasteiger partial charge is 0.303 e. The summed E-state index contributed by atoms with van der Waals surface area (Å²) in [6, 6.07) is 4.90. The summed E-state index contributed by atoms with van der Waals surface area (Å²) in [5.74, 6) is 0.388. The molecule has 3 unspecified atom stereocenters. The van der Waals surface area contributed by atoms with Gasteiger partial charge in [0.25, 0.3) is 0 Å². The zero-order valence-corrected chi connectivity index (χ0v) is 29.2. The number of hydrogen-bond donors (Lipinski definition) is 1. The molecule has 0 aliphatic heterocycles. The Labute approximate surface area is 279 Å². The topological polar surface area (TPSA) is 37.3 Å². The maximum Gasteiger partial charge on any atom is 0.303 e. The van der Waals surface area contributed by atoms with E-state index in [0.717, 1.165) is 69.8 Å². The molecule has 1 aromatic carbocycles. The van der Waals surface area contributed by atoms with Gasteiger partial charge in [-0.25, -0.2) is 0 Å². The number of fused-ring (bicyclic) bond motifs is 2. The molecule has 0 spiro atoms. The Kier molecular flexibility index (Phi) is 12.9. The highest BCUT2D eigenvalue weighted by molar-refractivity contribution is 5.66. The van der Waals surface area contributed by atoms with E-state index in [9.17, 15) is 9.90 Å². The summed E-state index contributed by atoms with van der Waals surface area (Å²) in [4.78, 5) is 11.4. The van der Waals surface area contributed by atoms with Crippen molar-refractivity contribution >= 4 is 5.97 Å². The standard InChI is InChI=1S/C44H56O2/c1-8-30(4)20-21-34(9-2)22-23-35(15-12-19-43(45)46)14-11-17-39-40-27-26-36(10-3)33(7)44(37-24-25-37)41(40)18-13-16-38-28-31(5)32(6)29-42(38)39/h8,18,20-21,26,28-29,33,35,39H,1,3,9,11-17,19,22-25H2,2,4-7H3,(H,45,46). The van der Waals surface area contributed by atoms with Crippen molar-refractivity contribution in [1.82, 2.24) is 0 Å². The summed E-state index contributed by atoms with van der Waals surface area (Å²) in [6.45, 7) is 19.1. The summed E-state index contributed by atoms with van der Waals surface area (Å²) in [6.07, 6.45) is 24.0. The van der Waals surface area contributed by atoms with E-state index < -0.39 is 5.97 Å². The molecule has 2 nitrogen and oxygen atoms in total. The van der Waals surface area contributed by atoms with Gasteiger partial charge in [-0.1, -0.05) is 93.0 Å². The fourth-order valence-electron chi connectivity index (χ4n) is 7.37. The van der Waals surface area contributed by atoms with Crippen molar-refractivity contribution < 1.29 is 9.90 Å². The minimum absolute atomic E-state index is 0.253. The van der Waals surface area contributed by atoms with Crippen molar-refractivity contribution in [3.63, 3.8) is 0 Å². The van der Waals surface area contributed by atoms with Crippen LogP contribution in [0.5, 0.6) is 0 Å². The van der Waals surface area contributed by atoms with Crippen LogP contribution in [0.3, 0.4) is 0 Å². The summed E-state index contributed by atoms with van der Waals surface area (Å²) < 4.78 is 0. The number of aliphatic carboxylic acids is 1. The molecule has 1 saturated carbocycles. The number of aryl methyl sites for hydroxylation is 3. The second kappa shape index (κ2) is 16.8. The van der Waals surface area contributed by atoms with Gasteiger partial charge in [0.2, 0.25) is 0 Å². The number of rotatable bonds is 14. The number of hydrogen-bond acceptors (Lipinski definition) is 1. The molecule has 2 heteroatoms. The lowest BCUT2D eigenvalue weighted by Crippen LogP contribution is -2.14. The Bertz CT molecular complexity index is 1550. The zero-order chi connectivity index (χ0) is 33.2. The van der Waals surface area contributed by atoms with E-state index in [4.69, 9.17) is 0 Å². The van der Waals surface area contributed by atoms with Gasteiger partial charge in [-0.3, -0.25) is 4.79 Å². The molecule has 244 valence electrons. The third-order valence-corrected chi connectivity index (χ3v) is 10.5. The fourth-order valence-corrected chi connectivity index (χ4v) is 7.37. The molecule has 3 atom stereocenters. The van der Waals surface area contributed by atoms with E-state index >= 15 is 0 Å². The van der Waals surface area contributed by atoms with E-state index in [2.05, 4.69) is 95.7 Å². The molecular formula is C44H56O2. The van der Waals surface area contributed by atoms with Crippen LogP contribution in [0.15, 0.2) is 106 Å². The monoisotopic (exact) mass is 616 g/mol. The molecule has 1 N–H and O–H groups in total. The van der Waals surface area contributed by atoms with Crippen molar-refractivity contribution in [3.8, 4) is 0 Å². The average Bonchev–Trinajstić information content (AvgIpc) is 3.87. The van der Waals surface area contributed by atoms with Gasteiger partial charge in [-0.05, 0) is 130 Å². The second-order valence-corrected chi connectivity index (χ2v) is 13.8. The quantitative estimate of drug-likeness (QED) is 0.167. The van der Waals surface area contributed by atoms with Crippen LogP contribution in [0.25, 0.3) is 0 Å². The van der Waals surface area contributed by atoms with E-state index in [0.29, 0.717) is 5.92 Å². The van der Waals surface area contributed by atoms with Crippen LogP contribution in [0.2, 0.25) is 0 Å². The lowest BCUT2D eigenvalue weighted by molar-refractivity contribution is -0.137. The van der Waals surface area contributed by atoms with Crippen LogP contribution in [-0.2, 0) is 11.2 Å². The molecule has 3 aliphatic carbocycles. The highest BCUT2D eigenvalue weighted by Gasteiger charge is 2.33. The Morgan fingerprint density at radius 1 is 1.09 bits per heavy atom. The zero-order valence-electron chi connectivity index (χ0n) is 29.2. The lowest BCUT2D eigenvalue weighted by atomic mass is 9.74. The van der Waals surface area contributed by atoms with Gasteiger partial charge in [0, 0.05) is 29.4 Å². The van der Waals surface area contributed by atoms with Gasteiger partial charge in [0.1, 0.15) is 0 Å². The van der Waals surface area contributed by atoms with E-state index in [1.54, 1.807) is 5.57 Å². The SMILES string of the molecule is C=C=C1C=C=C2C(=CCCc3cc(C)c(C)cc3C2CCCC(CCCC(=O)O)CCC(=CC=C(C)C=C)CC)C(=C2CC2)C1C. The van der Waals surface area contributed by atoms with Crippen LogP contribution in [0, 0.1) is 25.7 Å². The molecule has 0 heterocycles. The van der Waals surface area contributed by atoms with Gasteiger partial charge in [0.05, 0.1) is 0 Å². The molecule has 0 aromatic heterocycles. The summed E-state index contributed by atoms with van der Waals surface area (Å²) in [5, 5.41) is 9.36. The molecule has 0 bridgehead atoms. The predicted octanol–water partition coefficient (Wildman–Crippen LogP) is 12.1. The third-order valence-electron chi connectivity index (χ3n) is 10.5.